The molecule has 2 aromatic carbocycles. The second-order valence-corrected chi connectivity index (χ2v) is 6.67. The summed E-state index contributed by atoms with van der Waals surface area (Å²) in [7, 11) is 3.05. The number of esters is 1. The van der Waals surface area contributed by atoms with E-state index in [-0.39, 0.29) is 17.8 Å². The fourth-order valence-corrected chi connectivity index (χ4v) is 3.41. The predicted octanol–water partition coefficient (Wildman–Crippen LogP) is 3.02. The highest BCUT2D eigenvalue weighted by molar-refractivity contribution is 5.74. The Kier molecular flexibility index (Phi) is 7.14. The van der Waals surface area contributed by atoms with Crippen molar-refractivity contribution in [1.82, 2.24) is 5.32 Å². The Bertz CT molecular complexity index is 765. The van der Waals surface area contributed by atoms with Crippen molar-refractivity contribution in [2.45, 2.75) is 12.3 Å². The molecule has 1 aliphatic heterocycles. The molecular weight excluding hydrogens is 358 g/mol. The molecule has 1 N–H and O–H groups in total. The number of hydrogen-bond acceptors (Lipinski definition) is 6. The van der Waals surface area contributed by atoms with Crippen LogP contribution in [-0.2, 0) is 9.53 Å². The molecule has 0 aliphatic carbocycles. The van der Waals surface area contributed by atoms with Gasteiger partial charge in [-0.25, -0.2) is 0 Å². The summed E-state index contributed by atoms with van der Waals surface area (Å²) >= 11 is 0. The topological polar surface area (TPSA) is 66.0 Å². The van der Waals surface area contributed by atoms with Crippen LogP contribution in [-0.4, -0.2) is 46.5 Å². The summed E-state index contributed by atoms with van der Waals surface area (Å²) in [6, 6.07) is 15.5. The van der Waals surface area contributed by atoms with Crippen LogP contribution in [0.2, 0.25) is 0 Å². The molecule has 2 aromatic rings. The Morgan fingerprint density at radius 2 is 1.79 bits per heavy atom. The van der Waals surface area contributed by atoms with Crippen molar-refractivity contribution in [2.24, 2.45) is 5.92 Å². The van der Waals surface area contributed by atoms with Gasteiger partial charge in [-0.3, -0.25) is 4.79 Å². The molecule has 0 amide bonds. The summed E-state index contributed by atoms with van der Waals surface area (Å²) < 4.78 is 22.0. The minimum atomic E-state index is -0.189. The van der Waals surface area contributed by atoms with E-state index < -0.39 is 0 Å². The van der Waals surface area contributed by atoms with Gasteiger partial charge in [-0.05, 0) is 29.8 Å². The Labute approximate surface area is 165 Å². The minimum absolute atomic E-state index is 0.0575. The van der Waals surface area contributed by atoms with Crippen LogP contribution >= 0.6 is 0 Å². The predicted molar refractivity (Wildman–Crippen MR) is 106 cm³/mol. The number of ether oxygens (including phenoxy) is 4. The third kappa shape index (κ3) is 4.95. The van der Waals surface area contributed by atoms with Crippen LogP contribution in [0.3, 0.4) is 0 Å². The van der Waals surface area contributed by atoms with Crippen LogP contribution in [0.15, 0.2) is 48.5 Å². The molecule has 150 valence electrons. The van der Waals surface area contributed by atoms with Crippen molar-refractivity contribution in [3.63, 3.8) is 0 Å². The number of carbonyl (C=O) groups is 1. The largest absolute Gasteiger partial charge is 0.493 e. The van der Waals surface area contributed by atoms with Gasteiger partial charge in [0.25, 0.3) is 0 Å². The Balaban J connectivity index is 1.59. The molecule has 28 heavy (non-hydrogen) atoms. The lowest BCUT2D eigenvalue weighted by Gasteiger charge is -2.19. The first-order chi connectivity index (χ1) is 13.7. The van der Waals surface area contributed by atoms with Gasteiger partial charge < -0.3 is 24.3 Å². The van der Waals surface area contributed by atoms with Crippen molar-refractivity contribution in [2.75, 3.05) is 40.5 Å². The van der Waals surface area contributed by atoms with Gasteiger partial charge in [0.15, 0.2) is 11.5 Å². The Hall–Kier alpha value is -2.73. The van der Waals surface area contributed by atoms with E-state index in [4.69, 9.17) is 18.9 Å². The van der Waals surface area contributed by atoms with E-state index in [0.29, 0.717) is 31.3 Å². The zero-order valence-electron chi connectivity index (χ0n) is 16.4. The second-order valence-electron chi connectivity index (χ2n) is 6.67. The SMILES string of the molecule is COC(=O)[C@@H]1CNC[C@H]1c1ccc(OC)c(OCCCOc2ccccc2)c1. The van der Waals surface area contributed by atoms with Crippen molar-refractivity contribution >= 4 is 5.97 Å². The molecule has 2 atom stereocenters. The van der Waals surface area contributed by atoms with E-state index in [1.54, 1.807) is 7.11 Å². The van der Waals surface area contributed by atoms with Gasteiger partial charge >= 0.3 is 5.97 Å². The normalized spacial score (nSPS) is 18.5. The fraction of sp³-hybridized carbons (Fsp3) is 0.409. The highest BCUT2D eigenvalue weighted by Gasteiger charge is 2.35. The van der Waals surface area contributed by atoms with Gasteiger partial charge in [0, 0.05) is 25.4 Å². The molecule has 0 bridgehead atoms. The first-order valence-corrected chi connectivity index (χ1v) is 9.50. The van der Waals surface area contributed by atoms with Gasteiger partial charge in [0.2, 0.25) is 0 Å². The zero-order valence-corrected chi connectivity index (χ0v) is 16.4. The molecule has 6 heteroatoms. The molecule has 0 spiro atoms. The molecular formula is C22H27NO5. The van der Waals surface area contributed by atoms with Gasteiger partial charge in [0.1, 0.15) is 5.75 Å². The summed E-state index contributed by atoms with van der Waals surface area (Å²) in [6.07, 6.45) is 0.748. The second kappa shape index (κ2) is 9.99. The Morgan fingerprint density at radius 3 is 2.54 bits per heavy atom. The first-order valence-electron chi connectivity index (χ1n) is 9.50. The third-order valence-corrected chi connectivity index (χ3v) is 4.89. The monoisotopic (exact) mass is 385 g/mol. The molecule has 1 heterocycles. The van der Waals surface area contributed by atoms with E-state index in [1.165, 1.54) is 7.11 Å². The van der Waals surface area contributed by atoms with E-state index in [9.17, 15) is 4.79 Å². The standard InChI is InChI=1S/C22H27NO5/c1-25-20-10-9-16(18-14-23-15-19(18)22(24)26-2)13-21(20)28-12-6-11-27-17-7-4-3-5-8-17/h3-5,7-10,13,18-19,23H,6,11-12,14-15H2,1-2H3/t18-,19+/m0/s1. The first kappa shape index (κ1) is 20.0. The molecule has 1 saturated heterocycles. The lowest BCUT2D eigenvalue weighted by molar-refractivity contribution is -0.145. The molecule has 1 aliphatic rings. The number of para-hydroxylation sites is 1. The van der Waals surface area contributed by atoms with Crippen LogP contribution < -0.4 is 19.5 Å². The van der Waals surface area contributed by atoms with E-state index in [0.717, 1.165) is 24.3 Å². The molecule has 0 aromatic heterocycles. The van der Waals surface area contributed by atoms with Gasteiger partial charge in [-0.2, -0.15) is 0 Å². The Morgan fingerprint density at radius 1 is 1.00 bits per heavy atom. The van der Waals surface area contributed by atoms with Crippen molar-refractivity contribution in [1.29, 1.82) is 0 Å². The summed E-state index contributed by atoms with van der Waals surface area (Å²) in [5.41, 5.74) is 1.04. The summed E-state index contributed by atoms with van der Waals surface area (Å²) in [5, 5.41) is 3.27. The van der Waals surface area contributed by atoms with Crippen molar-refractivity contribution < 1.29 is 23.7 Å². The average molecular weight is 385 g/mol. The highest BCUT2D eigenvalue weighted by Crippen LogP contribution is 2.35. The molecule has 1 fully saturated rings. The highest BCUT2D eigenvalue weighted by atomic mass is 16.5. The maximum Gasteiger partial charge on any atom is 0.310 e. The molecule has 0 unspecified atom stereocenters. The molecule has 6 nitrogen and oxygen atoms in total. The van der Waals surface area contributed by atoms with Crippen LogP contribution in [0.4, 0.5) is 0 Å². The summed E-state index contributed by atoms with van der Waals surface area (Å²) in [4.78, 5) is 12.0. The zero-order chi connectivity index (χ0) is 19.8. The molecule has 3 rings (SSSR count). The van der Waals surface area contributed by atoms with Gasteiger partial charge in [-0.15, -0.1) is 0 Å². The van der Waals surface area contributed by atoms with Gasteiger partial charge in [0.05, 0.1) is 33.4 Å². The van der Waals surface area contributed by atoms with E-state index in [2.05, 4.69) is 5.32 Å². The van der Waals surface area contributed by atoms with Crippen LogP contribution in [0, 0.1) is 5.92 Å². The van der Waals surface area contributed by atoms with Crippen molar-refractivity contribution in [3.8, 4) is 17.2 Å². The number of rotatable bonds is 9. The molecule has 0 saturated carbocycles. The maximum absolute atomic E-state index is 12.0. The lowest BCUT2D eigenvalue weighted by Crippen LogP contribution is -2.23. The number of benzene rings is 2. The summed E-state index contributed by atoms with van der Waals surface area (Å²) in [6.45, 7) is 2.44. The van der Waals surface area contributed by atoms with Crippen LogP contribution in [0.25, 0.3) is 0 Å². The van der Waals surface area contributed by atoms with Gasteiger partial charge in [-0.1, -0.05) is 24.3 Å². The van der Waals surface area contributed by atoms with Crippen LogP contribution in [0.1, 0.15) is 17.9 Å². The lowest BCUT2D eigenvalue weighted by atomic mass is 9.89. The third-order valence-electron chi connectivity index (χ3n) is 4.89. The quantitative estimate of drug-likeness (QED) is 0.529. The van der Waals surface area contributed by atoms with E-state index >= 15 is 0 Å². The van der Waals surface area contributed by atoms with Crippen LogP contribution in [0.5, 0.6) is 17.2 Å². The maximum atomic E-state index is 12.0. The minimum Gasteiger partial charge on any atom is -0.493 e. The number of carbonyl (C=O) groups excluding carboxylic acids is 1. The summed E-state index contributed by atoms with van der Waals surface area (Å²) in [5.74, 6) is 1.88. The van der Waals surface area contributed by atoms with Crippen molar-refractivity contribution in [3.05, 3.63) is 54.1 Å². The fourth-order valence-electron chi connectivity index (χ4n) is 3.41. The number of hydrogen-bond donors (Lipinski definition) is 1. The average Bonchev–Trinajstić information content (AvgIpc) is 3.23. The molecule has 0 radical (unpaired) electrons. The smallest absolute Gasteiger partial charge is 0.310 e. The number of methoxy groups -OCH3 is 2. The number of nitrogens with one attached hydrogen (secondary N) is 1. The van der Waals surface area contributed by atoms with E-state index in [1.807, 2.05) is 48.5 Å².